The van der Waals surface area contributed by atoms with Crippen molar-refractivity contribution in [3.05, 3.63) is 34.4 Å². The third kappa shape index (κ3) is 7.03. The summed E-state index contributed by atoms with van der Waals surface area (Å²) in [6.45, 7) is 4.11. The smallest absolute Gasteiger partial charge is 0.271 e. The number of nitrogens with zero attached hydrogens (tertiary/aromatic N) is 3. The number of non-ortho nitro benzene ring substituents is 1. The predicted octanol–water partition coefficient (Wildman–Crippen LogP) is 1.32. The molecule has 0 atom stereocenters. The van der Waals surface area contributed by atoms with E-state index in [1.54, 1.807) is 19.2 Å². The Bertz CT molecular complexity index is 554. The second-order valence-corrected chi connectivity index (χ2v) is 5.31. The average molecular weight is 395 g/mol. The van der Waals surface area contributed by atoms with Gasteiger partial charge < -0.3 is 19.9 Å². The molecule has 1 aliphatic heterocycles. The highest BCUT2D eigenvalue weighted by atomic mass is 35.5. The first-order valence-corrected chi connectivity index (χ1v) is 7.58. The van der Waals surface area contributed by atoms with Crippen LogP contribution in [-0.4, -0.2) is 68.7 Å². The Morgan fingerprint density at radius 3 is 2.56 bits per heavy atom. The lowest BCUT2D eigenvalue weighted by atomic mass is 10.2. The molecule has 0 spiro atoms. The minimum Gasteiger partial charge on any atom is -0.383 e. The normalized spacial score (nSPS) is 13.6. The van der Waals surface area contributed by atoms with Crippen LogP contribution in [0, 0.1) is 10.1 Å². The molecule has 1 saturated heterocycles. The number of piperazine rings is 1. The van der Waals surface area contributed by atoms with Gasteiger partial charge in [-0.05, 0) is 6.07 Å². The lowest BCUT2D eigenvalue weighted by Crippen LogP contribution is -2.51. The first-order valence-electron chi connectivity index (χ1n) is 7.58. The van der Waals surface area contributed by atoms with Gasteiger partial charge >= 0.3 is 0 Å². The molecule has 2 rings (SSSR count). The summed E-state index contributed by atoms with van der Waals surface area (Å²) in [6, 6.07) is 6.60. The van der Waals surface area contributed by atoms with Crippen molar-refractivity contribution in [3.63, 3.8) is 0 Å². The van der Waals surface area contributed by atoms with Crippen LogP contribution in [0.1, 0.15) is 0 Å². The Balaban J connectivity index is 0.00000288. The zero-order valence-electron chi connectivity index (χ0n) is 14.1. The molecule has 0 saturated carbocycles. The van der Waals surface area contributed by atoms with Crippen LogP contribution in [0.4, 0.5) is 11.4 Å². The van der Waals surface area contributed by atoms with Crippen LogP contribution in [0.3, 0.4) is 0 Å². The summed E-state index contributed by atoms with van der Waals surface area (Å²) in [5.74, 6) is 0.0693. The van der Waals surface area contributed by atoms with Crippen molar-refractivity contribution < 1.29 is 14.5 Å². The monoisotopic (exact) mass is 394 g/mol. The molecule has 1 aromatic rings. The van der Waals surface area contributed by atoms with Crippen molar-refractivity contribution in [2.75, 3.05) is 57.9 Å². The highest BCUT2D eigenvalue weighted by Gasteiger charge is 2.21. The molecule has 25 heavy (non-hydrogen) atoms. The van der Waals surface area contributed by atoms with Gasteiger partial charge in [-0.15, -0.1) is 24.8 Å². The minimum atomic E-state index is -0.394. The van der Waals surface area contributed by atoms with Crippen LogP contribution in [0.25, 0.3) is 0 Å². The maximum absolute atomic E-state index is 12.1. The number of carbonyl (C=O) groups excluding carboxylic acids is 1. The quantitative estimate of drug-likeness (QED) is 0.426. The maximum atomic E-state index is 12.1. The van der Waals surface area contributed by atoms with Crippen molar-refractivity contribution in [2.24, 2.45) is 0 Å². The third-order valence-electron chi connectivity index (χ3n) is 3.80. The Labute approximate surface area is 159 Å². The molecule has 1 amide bonds. The molecule has 1 heterocycles. The number of hydrogen-bond acceptors (Lipinski definition) is 6. The van der Waals surface area contributed by atoms with Crippen molar-refractivity contribution in [1.29, 1.82) is 0 Å². The number of hydrogen-bond donors (Lipinski definition) is 1. The number of amides is 1. The fourth-order valence-electron chi connectivity index (χ4n) is 2.50. The molecule has 1 fully saturated rings. The number of rotatable bonds is 7. The largest absolute Gasteiger partial charge is 0.383 e. The van der Waals surface area contributed by atoms with Gasteiger partial charge in [0.05, 0.1) is 18.1 Å². The average Bonchev–Trinajstić information content (AvgIpc) is 2.59. The molecule has 0 bridgehead atoms. The summed E-state index contributed by atoms with van der Waals surface area (Å²) in [5, 5.41) is 13.9. The first kappa shape index (κ1) is 23.4. The lowest BCUT2D eigenvalue weighted by Gasteiger charge is -2.36. The highest BCUT2D eigenvalue weighted by Crippen LogP contribution is 2.22. The van der Waals surface area contributed by atoms with Crippen molar-refractivity contribution in [3.8, 4) is 0 Å². The van der Waals surface area contributed by atoms with Crippen LogP contribution in [0.15, 0.2) is 24.3 Å². The minimum absolute atomic E-state index is 0. The van der Waals surface area contributed by atoms with E-state index in [2.05, 4.69) is 10.2 Å². The van der Waals surface area contributed by atoms with Crippen molar-refractivity contribution in [2.45, 2.75) is 0 Å². The number of methoxy groups -OCH3 is 1. The summed E-state index contributed by atoms with van der Waals surface area (Å²) in [4.78, 5) is 26.4. The number of anilines is 1. The van der Waals surface area contributed by atoms with E-state index >= 15 is 0 Å². The second-order valence-electron chi connectivity index (χ2n) is 5.31. The Morgan fingerprint density at radius 1 is 1.28 bits per heavy atom. The second kappa shape index (κ2) is 11.9. The van der Waals surface area contributed by atoms with Crippen LogP contribution in [0.2, 0.25) is 0 Å². The molecular formula is C15H24Cl2N4O4. The van der Waals surface area contributed by atoms with E-state index in [0.717, 1.165) is 5.69 Å². The van der Waals surface area contributed by atoms with E-state index in [1.807, 2.05) is 11.0 Å². The van der Waals surface area contributed by atoms with Crippen LogP contribution >= 0.6 is 24.8 Å². The fraction of sp³-hybridized carbons (Fsp3) is 0.533. The van der Waals surface area contributed by atoms with Gasteiger partial charge in [0.2, 0.25) is 5.91 Å². The van der Waals surface area contributed by atoms with Gasteiger partial charge in [-0.25, -0.2) is 0 Å². The van der Waals surface area contributed by atoms with Gasteiger partial charge in [0.15, 0.2) is 0 Å². The third-order valence-corrected chi connectivity index (χ3v) is 3.80. The van der Waals surface area contributed by atoms with Gasteiger partial charge in [-0.3, -0.25) is 14.9 Å². The van der Waals surface area contributed by atoms with Crippen LogP contribution in [-0.2, 0) is 9.53 Å². The van der Waals surface area contributed by atoms with Crippen LogP contribution < -0.4 is 10.2 Å². The molecule has 1 N–H and O–H groups in total. The van der Waals surface area contributed by atoms with E-state index in [1.165, 1.54) is 6.07 Å². The first-order chi connectivity index (χ1) is 11.1. The summed E-state index contributed by atoms with van der Waals surface area (Å²) >= 11 is 0. The predicted molar refractivity (Wildman–Crippen MR) is 101 cm³/mol. The van der Waals surface area contributed by atoms with Gasteiger partial charge in [0, 0.05) is 57.7 Å². The van der Waals surface area contributed by atoms with Crippen LogP contribution in [0.5, 0.6) is 0 Å². The molecular weight excluding hydrogens is 371 g/mol. The molecule has 142 valence electrons. The molecule has 8 nitrogen and oxygen atoms in total. The molecule has 1 aliphatic rings. The van der Waals surface area contributed by atoms with Crippen molar-refractivity contribution in [1.82, 2.24) is 10.2 Å². The van der Waals surface area contributed by atoms with Gasteiger partial charge in [0.25, 0.3) is 5.69 Å². The Hall–Kier alpha value is -1.61. The Morgan fingerprint density at radius 2 is 1.96 bits per heavy atom. The number of nitrogens with one attached hydrogen (secondary N) is 1. The Kier molecular flexibility index (Phi) is 11.1. The molecule has 0 radical (unpaired) electrons. The topological polar surface area (TPSA) is 88.0 Å². The molecule has 0 aliphatic carbocycles. The molecule has 0 aromatic heterocycles. The highest BCUT2D eigenvalue weighted by molar-refractivity contribution is 5.85. The molecule has 10 heteroatoms. The van der Waals surface area contributed by atoms with E-state index < -0.39 is 4.92 Å². The standard InChI is InChI=1S/C15H22N4O4.2ClH/c1-23-10-5-16-12-15(20)18-8-6-17(7-9-18)13-3-2-4-14(11-13)19(21)22;;/h2-4,11,16H,5-10,12H2,1H3;2*1H. The van der Waals surface area contributed by atoms with E-state index in [9.17, 15) is 14.9 Å². The van der Waals surface area contributed by atoms with E-state index in [4.69, 9.17) is 4.74 Å². The van der Waals surface area contributed by atoms with Gasteiger partial charge in [0.1, 0.15) is 0 Å². The zero-order chi connectivity index (χ0) is 16.7. The van der Waals surface area contributed by atoms with Gasteiger partial charge in [-0.1, -0.05) is 6.07 Å². The number of ether oxygens (including phenoxy) is 1. The summed E-state index contributed by atoms with van der Waals surface area (Å²) in [7, 11) is 1.62. The molecule has 0 unspecified atom stereocenters. The number of carbonyl (C=O) groups is 1. The van der Waals surface area contributed by atoms with Gasteiger partial charge in [-0.2, -0.15) is 0 Å². The number of benzene rings is 1. The summed E-state index contributed by atoms with van der Waals surface area (Å²) < 4.78 is 4.92. The van der Waals surface area contributed by atoms with E-state index in [-0.39, 0.29) is 36.4 Å². The van der Waals surface area contributed by atoms with Crippen molar-refractivity contribution >= 4 is 42.1 Å². The number of nitro benzene ring substituents is 1. The maximum Gasteiger partial charge on any atom is 0.271 e. The summed E-state index contributed by atoms with van der Waals surface area (Å²) in [5.41, 5.74) is 0.910. The van der Waals surface area contributed by atoms with E-state index in [0.29, 0.717) is 45.9 Å². The SMILES string of the molecule is COCCNCC(=O)N1CCN(c2cccc([N+](=O)[O-])c2)CC1.Cl.Cl. The lowest BCUT2D eigenvalue weighted by molar-refractivity contribution is -0.384. The zero-order valence-corrected chi connectivity index (χ0v) is 15.7. The summed E-state index contributed by atoms with van der Waals surface area (Å²) in [6.07, 6.45) is 0. The number of nitro groups is 1. The fourth-order valence-corrected chi connectivity index (χ4v) is 2.50. The number of halogens is 2. The molecule has 1 aromatic carbocycles.